The summed E-state index contributed by atoms with van der Waals surface area (Å²) in [5.41, 5.74) is 2.14. The van der Waals surface area contributed by atoms with Crippen LogP contribution in [0.4, 0.5) is 0 Å². The quantitative estimate of drug-likeness (QED) is 0.548. The van der Waals surface area contributed by atoms with Gasteiger partial charge in [-0.25, -0.2) is 0 Å². The Balaban J connectivity index is 2.18. The average Bonchev–Trinajstić information content (AvgIpc) is 2.44. The summed E-state index contributed by atoms with van der Waals surface area (Å²) < 4.78 is 1.06. The van der Waals surface area contributed by atoms with Crippen LogP contribution in [-0.4, -0.2) is 0 Å². The molecule has 0 saturated carbocycles. The summed E-state index contributed by atoms with van der Waals surface area (Å²) in [5, 5.41) is 4.90. The van der Waals surface area contributed by atoms with Gasteiger partial charge in [-0.15, -0.1) is 0 Å². The summed E-state index contributed by atoms with van der Waals surface area (Å²) in [7, 11) is 0. The Morgan fingerprint density at radius 3 is 2.33 bits per heavy atom. The van der Waals surface area contributed by atoms with E-state index < -0.39 is 0 Å². The van der Waals surface area contributed by atoms with Crippen molar-refractivity contribution in [1.29, 1.82) is 0 Å². The SMILES string of the molecule is CC(N[C@@H](C)c1cccc(Br)c1)c1ccc(Cl)c(Cl)c1Cl. The van der Waals surface area contributed by atoms with E-state index in [4.69, 9.17) is 34.8 Å². The van der Waals surface area contributed by atoms with E-state index in [1.807, 2.05) is 18.2 Å². The molecular weight excluding hydrogens is 392 g/mol. The van der Waals surface area contributed by atoms with Crippen molar-refractivity contribution in [3.05, 3.63) is 67.1 Å². The van der Waals surface area contributed by atoms with Crippen LogP contribution >= 0.6 is 50.7 Å². The fourth-order valence-corrected chi connectivity index (χ4v) is 3.34. The smallest absolute Gasteiger partial charge is 0.0781 e. The molecule has 0 saturated heterocycles. The highest BCUT2D eigenvalue weighted by Crippen LogP contribution is 2.36. The van der Waals surface area contributed by atoms with Gasteiger partial charge in [0.15, 0.2) is 0 Å². The topological polar surface area (TPSA) is 12.0 Å². The minimum atomic E-state index is 0.0567. The van der Waals surface area contributed by atoms with Gasteiger partial charge in [-0.1, -0.05) is 68.9 Å². The third-order valence-corrected chi connectivity index (χ3v) is 5.18. The van der Waals surface area contributed by atoms with Gasteiger partial charge in [-0.05, 0) is 43.2 Å². The van der Waals surface area contributed by atoms with Crippen LogP contribution in [-0.2, 0) is 0 Å². The Kier molecular flexibility index (Phi) is 5.98. The van der Waals surface area contributed by atoms with Crippen LogP contribution in [0.1, 0.15) is 37.1 Å². The Morgan fingerprint density at radius 2 is 1.67 bits per heavy atom. The average molecular weight is 408 g/mol. The van der Waals surface area contributed by atoms with Crippen molar-refractivity contribution in [1.82, 2.24) is 5.32 Å². The maximum atomic E-state index is 6.28. The molecule has 1 unspecified atom stereocenters. The molecule has 2 atom stereocenters. The van der Waals surface area contributed by atoms with E-state index in [-0.39, 0.29) is 12.1 Å². The normalized spacial score (nSPS) is 14.0. The first-order chi connectivity index (χ1) is 9.90. The molecule has 2 aromatic rings. The van der Waals surface area contributed by atoms with Gasteiger partial charge in [0, 0.05) is 16.6 Å². The predicted octanol–water partition coefficient (Wildman–Crippen LogP) is 6.82. The molecule has 2 rings (SSSR count). The molecule has 0 bridgehead atoms. The van der Waals surface area contributed by atoms with Crippen molar-refractivity contribution in [2.75, 3.05) is 0 Å². The second-order valence-corrected chi connectivity index (χ2v) is 7.01. The van der Waals surface area contributed by atoms with Crippen molar-refractivity contribution in [3.63, 3.8) is 0 Å². The zero-order chi connectivity index (χ0) is 15.6. The van der Waals surface area contributed by atoms with Crippen LogP contribution in [0.2, 0.25) is 15.1 Å². The van der Waals surface area contributed by atoms with Crippen LogP contribution < -0.4 is 5.32 Å². The Hall–Kier alpha value is -0.250. The van der Waals surface area contributed by atoms with Crippen LogP contribution in [0, 0.1) is 0 Å². The number of rotatable bonds is 4. The van der Waals surface area contributed by atoms with Crippen LogP contribution in [0.5, 0.6) is 0 Å². The number of hydrogen-bond acceptors (Lipinski definition) is 1. The molecule has 0 fully saturated rings. The highest BCUT2D eigenvalue weighted by Gasteiger charge is 2.16. The number of nitrogens with one attached hydrogen (secondary N) is 1. The van der Waals surface area contributed by atoms with Gasteiger partial charge in [0.1, 0.15) is 0 Å². The maximum Gasteiger partial charge on any atom is 0.0781 e. The van der Waals surface area contributed by atoms with E-state index in [0.717, 1.165) is 10.0 Å². The molecule has 0 aliphatic carbocycles. The molecule has 5 heteroatoms. The van der Waals surface area contributed by atoms with Crippen molar-refractivity contribution in [2.45, 2.75) is 25.9 Å². The number of hydrogen-bond donors (Lipinski definition) is 1. The lowest BCUT2D eigenvalue weighted by atomic mass is 10.0. The molecule has 1 nitrogen and oxygen atoms in total. The van der Waals surface area contributed by atoms with Gasteiger partial charge >= 0.3 is 0 Å². The van der Waals surface area contributed by atoms with Crippen LogP contribution in [0.3, 0.4) is 0 Å². The van der Waals surface area contributed by atoms with Gasteiger partial charge in [0.05, 0.1) is 15.1 Å². The Labute approximate surface area is 148 Å². The summed E-state index contributed by atoms with van der Waals surface area (Å²) in [6.07, 6.45) is 0. The Morgan fingerprint density at radius 1 is 0.952 bits per heavy atom. The zero-order valence-electron chi connectivity index (χ0n) is 11.6. The zero-order valence-corrected chi connectivity index (χ0v) is 15.5. The van der Waals surface area contributed by atoms with Crippen molar-refractivity contribution < 1.29 is 0 Å². The van der Waals surface area contributed by atoms with Gasteiger partial charge in [-0.3, -0.25) is 0 Å². The molecule has 2 aromatic carbocycles. The summed E-state index contributed by atoms with van der Waals surface area (Å²) in [6.45, 7) is 4.17. The molecule has 0 amide bonds. The molecule has 0 heterocycles. The molecule has 1 N–H and O–H groups in total. The Bertz CT molecular complexity index is 645. The van der Waals surface area contributed by atoms with E-state index in [1.54, 1.807) is 6.07 Å². The van der Waals surface area contributed by atoms with E-state index in [0.29, 0.717) is 15.1 Å². The lowest BCUT2D eigenvalue weighted by molar-refractivity contribution is 0.494. The molecule has 0 aliphatic heterocycles. The molecule has 0 radical (unpaired) electrons. The number of halogens is 4. The van der Waals surface area contributed by atoms with Crippen LogP contribution in [0.25, 0.3) is 0 Å². The first-order valence-electron chi connectivity index (χ1n) is 6.55. The molecule has 0 aromatic heterocycles. The number of benzene rings is 2. The van der Waals surface area contributed by atoms with Gasteiger partial charge in [0.25, 0.3) is 0 Å². The van der Waals surface area contributed by atoms with E-state index in [9.17, 15) is 0 Å². The minimum absolute atomic E-state index is 0.0567. The standard InChI is InChI=1S/C16H15BrCl3N/c1-9(11-4-3-5-12(17)8-11)21-10(2)13-6-7-14(18)16(20)15(13)19/h3-10,21H,1-2H3/t9-,10?/m0/s1. The van der Waals surface area contributed by atoms with E-state index in [1.165, 1.54) is 5.56 Å². The second kappa shape index (κ2) is 7.34. The van der Waals surface area contributed by atoms with Gasteiger partial charge in [-0.2, -0.15) is 0 Å². The van der Waals surface area contributed by atoms with E-state index >= 15 is 0 Å². The van der Waals surface area contributed by atoms with E-state index in [2.05, 4.69) is 47.2 Å². The summed E-state index contributed by atoms with van der Waals surface area (Å²) in [4.78, 5) is 0. The molecule has 21 heavy (non-hydrogen) atoms. The largest absolute Gasteiger partial charge is 0.304 e. The maximum absolute atomic E-state index is 6.28. The van der Waals surface area contributed by atoms with Gasteiger partial charge in [0.2, 0.25) is 0 Å². The predicted molar refractivity (Wildman–Crippen MR) is 95.6 cm³/mol. The monoisotopic (exact) mass is 405 g/mol. The fourth-order valence-electron chi connectivity index (χ4n) is 2.21. The third kappa shape index (κ3) is 4.14. The first kappa shape index (κ1) is 17.1. The lowest BCUT2D eigenvalue weighted by Gasteiger charge is -2.22. The lowest BCUT2D eigenvalue weighted by Crippen LogP contribution is -2.22. The van der Waals surface area contributed by atoms with Crippen molar-refractivity contribution in [3.8, 4) is 0 Å². The van der Waals surface area contributed by atoms with Gasteiger partial charge < -0.3 is 5.32 Å². The van der Waals surface area contributed by atoms with Crippen molar-refractivity contribution in [2.24, 2.45) is 0 Å². The molecule has 112 valence electrons. The molecule has 0 aliphatic rings. The molecular formula is C16H15BrCl3N. The summed E-state index contributed by atoms with van der Waals surface area (Å²) in [6, 6.07) is 12.1. The fraction of sp³-hybridized carbons (Fsp3) is 0.250. The second-order valence-electron chi connectivity index (χ2n) is 4.93. The highest BCUT2D eigenvalue weighted by molar-refractivity contribution is 9.10. The minimum Gasteiger partial charge on any atom is -0.304 e. The summed E-state index contributed by atoms with van der Waals surface area (Å²) >= 11 is 21.8. The first-order valence-corrected chi connectivity index (χ1v) is 8.47. The van der Waals surface area contributed by atoms with Crippen molar-refractivity contribution >= 4 is 50.7 Å². The summed E-state index contributed by atoms with van der Waals surface area (Å²) in [5.74, 6) is 0. The molecule has 0 spiro atoms. The van der Waals surface area contributed by atoms with Crippen LogP contribution in [0.15, 0.2) is 40.9 Å². The third-order valence-electron chi connectivity index (χ3n) is 3.38. The highest BCUT2D eigenvalue weighted by atomic mass is 79.9.